The third kappa shape index (κ3) is 7.32. The van der Waals surface area contributed by atoms with Crippen molar-refractivity contribution in [3.8, 4) is 0 Å². The number of aryl methyl sites for hydroxylation is 3. The molecule has 3 aromatic rings. The second-order valence-electron chi connectivity index (χ2n) is 9.43. The summed E-state index contributed by atoms with van der Waals surface area (Å²) >= 11 is 12.3. The van der Waals surface area contributed by atoms with E-state index in [0.29, 0.717) is 27.8 Å². The van der Waals surface area contributed by atoms with Crippen molar-refractivity contribution in [1.82, 2.24) is 10.2 Å². The van der Waals surface area contributed by atoms with Crippen LogP contribution in [-0.2, 0) is 26.2 Å². The maximum atomic E-state index is 13.9. The monoisotopic (exact) mass is 589 g/mol. The van der Waals surface area contributed by atoms with Crippen LogP contribution in [0.15, 0.2) is 65.6 Å². The van der Waals surface area contributed by atoms with Crippen molar-refractivity contribution in [2.24, 2.45) is 0 Å². The van der Waals surface area contributed by atoms with E-state index >= 15 is 0 Å². The fourth-order valence-corrected chi connectivity index (χ4v) is 5.71. The van der Waals surface area contributed by atoms with Gasteiger partial charge in [0.15, 0.2) is 0 Å². The number of likely N-dealkylation sites (N-methyl/N-ethyl adjacent to an activating group) is 1. The largest absolute Gasteiger partial charge is 0.355 e. The number of rotatable bonds is 10. The molecule has 1 atom stereocenters. The number of carbonyl (C=O) groups is 2. The van der Waals surface area contributed by atoms with Crippen molar-refractivity contribution < 1.29 is 18.0 Å². The summed E-state index contributed by atoms with van der Waals surface area (Å²) in [6.07, 6.45) is 0. The molecule has 0 aliphatic carbocycles. The zero-order valence-electron chi connectivity index (χ0n) is 22.7. The van der Waals surface area contributed by atoms with Gasteiger partial charge in [-0.1, -0.05) is 53.0 Å². The van der Waals surface area contributed by atoms with Crippen LogP contribution in [0.4, 0.5) is 5.69 Å². The molecule has 208 valence electrons. The third-order valence-corrected chi connectivity index (χ3v) is 9.05. The van der Waals surface area contributed by atoms with Crippen LogP contribution in [0.3, 0.4) is 0 Å². The number of carbonyl (C=O) groups excluding carboxylic acids is 2. The van der Waals surface area contributed by atoms with Crippen molar-refractivity contribution in [3.05, 3.63) is 93.0 Å². The summed E-state index contributed by atoms with van der Waals surface area (Å²) < 4.78 is 28.9. The molecule has 10 heteroatoms. The second kappa shape index (κ2) is 12.9. The molecule has 0 bridgehead atoms. The van der Waals surface area contributed by atoms with Gasteiger partial charge in [0.1, 0.15) is 12.6 Å². The molecular weight excluding hydrogens is 557 g/mol. The average molecular weight is 591 g/mol. The molecule has 2 amide bonds. The molecule has 0 unspecified atom stereocenters. The van der Waals surface area contributed by atoms with Gasteiger partial charge in [0.25, 0.3) is 10.0 Å². The summed E-state index contributed by atoms with van der Waals surface area (Å²) in [5, 5.41) is 3.41. The average Bonchev–Trinajstić information content (AvgIpc) is 2.89. The van der Waals surface area contributed by atoms with Gasteiger partial charge in [0.05, 0.1) is 20.6 Å². The Bertz CT molecular complexity index is 1460. The number of anilines is 1. The van der Waals surface area contributed by atoms with Crippen molar-refractivity contribution >= 4 is 50.7 Å². The van der Waals surface area contributed by atoms with Crippen LogP contribution in [0.2, 0.25) is 10.0 Å². The lowest BCUT2D eigenvalue weighted by atomic mass is 10.1. The summed E-state index contributed by atoms with van der Waals surface area (Å²) in [4.78, 5) is 28.1. The molecule has 0 aliphatic heterocycles. The van der Waals surface area contributed by atoms with Crippen LogP contribution < -0.4 is 9.62 Å². The maximum absolute atomic E-state index is 13.9. The van der Waals surface area contributed by atoms with E-state index in [4.69, 9.17) is 23.2 Å². The van der Waals surface area contributed by atoms with E-state index < -0.39 is 28.5 Å². The molecule has 39 heavy (non-hydrogen) atoms. The van der Waals surface area contributed by atoms with E-state index in [1.54, 1.807) is 56.3 Å². The lowest BCUT2D eigenvalue weighted by Crippen LogP contribution is -2.51. The highest BCUT2D eigenvalue weighted by Gasteiger charge is 2.32. The molecule has 0 radical (unpaired) electrons. The number of benzene rings is 3. The normalized spacial score (nSPS) is 12.1. The SMILES string of the molecule is CCNC(=O)[C@H](C)N(Cc1ccc(Cl)c(Cl)c1)C(=O)CN(c1ccc(C)c(C)c1)S(=O)(=O)c1ccc(C)cc1. The van der Waals surface area contributed by atoms with Gasteiger partial charge >= 0.3 is 0 Å². The minimum atomic E-state index is -4.12. The van der Waals surface area contributed by atoms with Gasteiger partial charge in [-0.3, -0.25) is 13.9 Å². The molecule has 3 rings (SSSR count). The first kappa shape index (κ1) is 30.5. The highest BCUT2D eigenvalue weighted by Crippen LogP contribution is 2.28. The number of nitrogens with zero attached hydrogens (tertiary/aromatic N) is 2. The molecule has 0 aromatic heterocycles. The molecule has 0 fully saturated rings. The number of hydrogen-bond acceptors (Lipinski definition) is 4. The molecule has 0 saturated heterocycles. The number of amides is 2. The van der Waals surface area contributed by atoms with E-state index in [9.17, 15) is 18.0 Å². The van der Waals surface area contributed by atoms with Gasteiger partial charge in [-0.25, -0.2) is 8.42 Å². The van der Waals surface area contributed by atoms with Gasteiger partial charge in [0.2, 0.25) is 11.8 Å². The van der Waals surface area contributed by atoms with E-state index in [1.807, 2.05) is 26.8 Å². The van der Waals surface area contributed by atoms with Crippen molar-refractivity contribution in [2.45, 2.75) is 52.1 Å². The smallest absolute Gasteiger partial charge is 0.264 e. The summed E-state index contributed by atoms with van der Waals surface area (Å²) in [5.74, 6) is -0.904. The molecule has 0 spiro atoms. The fourth-order valence-electron chi connectivity index (χ4n) is 3.99. The first-order valence-electron chi connectivity index (χ1n) is 12.5. The summed E-state index contributed by atoms with van der Waals surface area (Å²) in [6, 6.07) is 15.8. The first-order chi connectivity index (χ1) is 18.3. The Morgan fingerprint density at radius 3 is 2.15 bits per heavy atom. The van der Waals surface area contributed by atoms with Gasteiger partial charge in [0, 0.05) is 13.1 Å². The lowest BCUT2D eigenvalue weighted by Gasteiger charge is -2.32. The van der Waals surface area contributed by atoms with E-state index in [-0.39, 0.29) is 17.3 Å². The molecule has 0 saturated carbocycles. The predicted octanol–water partition coefficient (Wildman–Crippen LogP) is 5.67. The molecular formula is C29H33Cl2N3O4S. The van der Waals surface area contributed by atoms with Crippen molar-refractivity contribution in [2.75, 3.05) is 17.4 Å². The maximum Gasteiger partial charge on any atom is 0.264 e. The highest BCUT2D eigenvalue weighted by atomic mass is 35.5. The van der Waals surface area contributed by atoms with Crippen LogP contribution in [0.1, 0.15) is 36.1 Å². The van der Waals surface area contributed by atoms with E-state index in [1.165, 1.54) is 17.0 Å². The molecule has 0 aliphatic rings. The quantitative estimate of drug-likeness (QED) is 0.330. The summed E-state index contributed by atoms with van der Waals surface area (Å²) in [7, 11) is -4.12. The van der Waals surface area contributed by atoms with Gasteiger partial charge in [-0.05, 0) is 87.7 Å². The minimum Gasteiger partial charge on any atom is -0.355 e. The number of nitrogens with one attached hydrogen (secondary N) is 1. The van der Waals surface area contributed by atoms with Crippen LogP contribution >= 0.6 is 23.2 Å². The van der Waals surface area contributed by atoms with Gasteiger partial charge < -0.3 is 10.2 Å². The van der Waals surface area contributed by atoms with Crippen LogP contribution in [0.5, 0.6) is 0 Å². The Morgan fingerprint density at radius 1 is 0.897 bits per heavy atom. The van der Waals surface area contributed by atoms with Crippen LogP contribution in [0.25, 0.3) is 0 Å². The minimum absolute atomic E-state index is 0.0272. The molecule has 0 heterocycles. The third-order valence-electron chi connectivity index (χ3n) is 6.52. The second-order valence-corrected chi connectivity index (χ2v) is 12.1. The summed E-state index contributed by atoms with van der Waals surface area (Å²) in [6.45, 7) is 8.96. The van der Waals surface area contributed by atoms with Crippen LogP contribution in [-0.4, -0.2) is 44.3 Å². The van der Waals surface area contributed by atoms with E-state index in [0.717, 1.165) is 21.0 Å². The van der Waals surface area contributed by atoms with Crippen molar-refractivity contribution in [3.63, 3.8) is 0 Å². The van der Waals surface area contributed by atoms with Gasteiger partial charge in [-0.2, -0.15) is 0 Å². The zero-order valence-corrected chi connectivity index (χ0v) is 25.0. The van der Waals surface area contributed by atoms with Crippen LogP contribution in [0, 0.1) is 20.8 Å². The number of halogens is 2. The Balaban J connectivity index is 2.06. The topological polar surface area (TPSA) is 86.8 Å². The Kier molecular flexibility index (Phi) is 10.0. The predicted molar refractivity (Wildman–Crippen MR) is 157 cm³/mol. The van der Waals surface area contributed by atoms with E-state index in [2.05, 4.69) is 5.32 Å². The molecule has 1 N–H and O–H groups in total. The van der Waals surface area contributed by atoms with Crippen molar-refractivity contribution in [1.29, 1.82) is 0 Å². The Morgan fingerprint density at radius 2 is 1.56 bits per heavy atom. The Labute approximate surface area is 240 Å². The Hall–Kier alpha value is -3.07. The number of hydrogen-bond donors (Lipinski definition) is 1. The highest BCUT2D eigenvalue weighted by molar-refractivity contribution is 7.92. The standard InChI is InChI=1S/C29H33Cl2N3O4S/c1-6-32-29(36)22(5)33(17-23-10-14-26(30)27(31)16-23)28(35)18-34(24-11-9-20(3)21(4)15-24)39(37,38)25-12-7-19(2)8-13-25/h7-16,22H,6,17-18H2,1-5H3,(H,32,36)/t22-/m0/s1. The first-order valence-corrected chi connectivity index (χ1v) is 14.7. The lowest BCUT2D eigenvalue weighted by molar-refractivity contribution is -0.139. The zero-order chi connectivity index (χ0) is 28.9. The molecule has 3 aromatic carbocycles. The molecule has 7 nitrogen and oxygen atoms in total. The summed E-state index contributed by atoms with van der Waals surface area (Å²) in [5.41, 5.74) is 3.78. The number of sulfonamides is 1. The van der Waals surface area contributed by atoms with Gasteiger partial charge in [-0.15, -0.1) is 0 Å². The fraction of sp³-hybridized carbons (Fsp3) is 0.310.